The molecule has 2 nitrogen and oxygen atoms in total. The summed E-state index contributed by atoms with van der Waals surface area (Å²) in [5, 5.41) is 3.42. The molecular formula is C18H23NO. The van der Waals surface area contributed by atoms with Crippen molar-refractivity contribution in [1.29, 1.82) is 0 Å². The second-order valence-electron chi connectivity index (χ2n) is 4.89. The Bertz CT molecular complexity index is 496. The average Bonchev–Trinajstić information content (AvgIpc) is 2.49. The van der Waals surface area contributed by atoms with Gasteiger partial charge in [-0.15, -0.1) is 0 Å². The minimum Gasteiger partial charge on any atom is -0.494 e. The lowest BCUT2D eigenvalue weighted by Gasteiger charge is -2.09. The fourth-order valence-electron chi connectivity index (χ4n) is 2.03. The number of rotatable bonds is 8. The summed E-state index contributed by atoms with van der Waals surface area (Å²) in [5.41, 5.74) is 2.48. The number of ether oxygens (including phenoxy) is 1. The molecule has 0 fully saturated rings. The largest absolute Gasteiger partial charge is 0.494 e. The molecule has 0 amide bonds. The first-order valence-electron chi connectivity index (χ1n) is 7.39. The van der Waals surface area contributed by atoms with Crippen LogP contribution in [-0.4, -0.2) is 13.2 Å². The molecule has 0 saturated carbocycles. The monoisotopic (exact) mass is 269 g/mol. The highest BCUT2D eigenvalue weighted by molar-refractivity contribution is 5.42. The van der Waals surface area contributed by atoms with E-state index in [1.165, 1.54) is 17.7 Å². The third-order valence-corrected chi connectivity index (χ3v) is 3.18. The SMILES string of the molecule is CCCCOc1cccc(CCNc2ccccc2)c1. The van der Waals surface area contributed by atoms with Crippen molar-refractivity contribution in [2.75, 3.05) is 18.5 Å². The predicted molar refractivity (Wildman–Crippen MR) is 85.5 cm³/mol. The van der Waals surface area contributed by atoms with Gasteiger partial charge in [-0.1, -0.05) is 43.7 Å². The lowest BCUT2D eigenvalue weighted by atomic mass is 10.1. The van der Waals surface area contributed by atoms with E-state index in [4.69, 9.17) is 4.74 Å². The number of nitrogens with one attached hydrogen (secondary N) is 1. The fraction of sp³-hybridized carbons (Fsp3) is 0.333. The van der Waals surface area contributed by atoms with Crippen molar-refractivity contribution in [3.05, 3.63) is 60.2 Å². The van der Waals surface area contributed by atoms with E-state index >= 15 is 0 Å². The molecule has 0 aliphatic rings. The standard InChI is InChI=1S/C18H23NO/c1-2-3-14-20-18-11-7-8-16(15-18)12-13-19-17-9-5-4-6-10-17/h4-11,15,19H,2-3,12-14H2,1H3. The average molecular weight is 269 g/mol. The highest BCUT2D eigenvalue weighted by Crippen LogP contribution is 2.14. The Morgan fingerprint density at radius 3 is 2.65 bits per heavy atom. The highest BCUT2D eigenvalue weighted by Gasteiger charge is 1.97. The van der Waals surface area contributed by atoms with Crippen LogP contribution in [0, 0.1) is 0 Å². The number of benzene rings is 2. The summed E-state index contributed by atoms with van der Waals surface area (Å²) >= 11 is 0. The van der Waals surface area contributed by atoms with Gasteiger partial charge in [-0.2, -0.15) is 0 Å². The molecule has 0 saturated heterocycles. The quantitative estimate of drug-likeness (QED) is 0.711. The molecule has 2 rings (SSSR count). The molecule has 0 unspecified atom stereocenters. The number of para-hydroxylation sites is 1. The number of hydrogen-bond donors (Lipinski definition) is 1. The number of hydrogen-bond acceptors (Lipinski definition) is 2. The van der Waals surface area contributed by atoms with E-state index in [1.54, 1.807) is 0 Å². The van der Waals surface area contributed by atoms with Gasteiger partial charge in [-0.05, 0) is 42.7 Å². The summed E-state index contributed by atoms with van der Waals surface area (Å²) < 4.78 is 5.73. The van der Waals surface area contributed by atoms with Crippen LogP contribution in [0.25, 0.3) is 0 Å². The lowest BCUT2D eigenvalue weighted by molar-refractivity contribution is 0.309. The molecule has 2 aromatic rings. The van der Waals surface area contributed by atoms with Crippen molar-refractivity contribution in [2.24, 2.45) is 0 Å². The van der Waals surface area contributed by atoms with Gasteiger partial charge >= 0.3 is 0 Å². The van der Waals surface area contributed by atoms with Crippen LogP contribution in [-0.2, 0) is 6.42 Å². The van der Waals surface area contributed by atoms with Gasteiger partial charge < -0.3 is 10.1 Å². The molecule has 2 aromatic carbocycles. The Hall–Kier alpha value is -1.96. The van der Waals surface area contributed by atoms with Crippen LogP contribution in [0.3, 0.4) is 0 Å². The van der Waals surface area contributed by atoms with Crippen LogP contribution in [0.2, 0.25) is 0 Å². The maximum Gasteiger partial charge on any atom is 0.119 e. The van der Waals surface area contributed by atoms with Crippen LogP contribution < -0.4 is 10.1 Å². The lowest BCUT2D eigenvalue weighted by Crippen LogP contribution is -2.05. The molecule has 0 aromatic heterocycles. The zero-order valence-corrected chi connectivity index (χ0v) is 12.1. The van der Waals surface area contributed by atoms with Gasteiger partial charge in [-0.25, -0.2) is 0 Å². The molecule has 0 spiro atoms. The van der Waals surface area contributed by atoms with Gasteiger partial charge in [0.2, 0.25) is 0 Å². The van der Waals surface area contributed by atoms with Crippen LogP contribution in [0.1, 0.15) is 25.3 Å². The second-order valence-corrected chi connectivity index (χ2v) is 4.89. The molecule has 20 heavy (non-hydrogen) atoms. The summed E-state index contributed by atoms with van der Waals surface area (Å²) in [7, 11) is 0. The summed E-state index contributed by atoms with van der Waals surface area (Å²) in [5.74, 6) is 0.982. The third kappa shape index (κ3) is 4.96. The van der Waals surface area contributed by atoms with Crippen molar-refractivity contribution in [3.63, 3.8) is 0 Å². The summed E-state index contributed by atoms with van der Waals surface area (Å²) in [6, 6.07) is 18.7. The van der Waals surface area contributed by atoms with E-state index in [-0.39, 0.29) is 0 Å². The van der Waals surface area contributed by atoms with Crippen molar-refractivity contribution < 1.29 is 4.74 Å². The smallest absolute Gasteiger partial charge is 0.119 e. The minimum absolute atomic E-state index is 0.808. The molecule has 0 aliphatic heterocycles. The maximum absolute atomic E-state index is 5.73. The van der Waals surface area contributed by atoms with Crippen LogP contribution >= 0.6 is 0 Å². The summed E-state index contributed by atoms with van der Waals surface area (Å²) in [6.45, 7) is 3.92. The highest BCUT2D eigenvalue weighted by atomic mass is 16.5. The molecule has 0 bridgehead atoms. The van der Waals surface area contributed by atoms with E-state index in [1.807, 2.05) is 24.3 Å². The van der Waals surface area contributed by atoms with Gasteiger partial charge in [0.05, 0.1) is 6.61 Å². The first-order chi connectivity index (χ1) is 9.88. The Labute approximate surface area is 121 Å². The van der Waals surface area contributed by atoms with Gasteiger partial charge in [0.15, 0.2) is 0 Å². The van der Waals surface area contributed by atoms with Crippen LogP contribution in [0.15, 0.2) is 54.6 Å². The van der Waals surface area contributed by atoms with E-state index in [2.05, 4.69) is 42.6 Å². The van der Waals surface area contributed by atoms with E-state index < -0.39 is 0 Å². The molecular weight excluding hydrogens is 246 g/mol. The predicted octanol–water partition coefficient (Wildman–Crippen LogP) is 4.52. The van der Waals surface area contributed by atoms with Gasteiger partial charge in [-0.3, -0.25) is 0 Å². The van der Waals surface area contributed by atoms with Gasteiger partial charge in [0.25, 0.3) is 0 Å². The molecule has 0 heterocycles. The Morgan fingerprint density at radius 2 is 1.85 bits per heavy atom. The van der Waals surface area contributed by atoms with Gasteiger partial charge in [0.1, 0.15) is 5.75 Å². The molecule has 106 valence electrons. The van der Waals surface area contributed by atoms with E-state index in [0.29, 0.717) is 0 Å². The van der Waals surface area contributed by atoms with Crippen molar-refractivity contribution in [3.8, 4) is 5.75 Å². The van der Waals surface area contributed by atoms with Crippen LogP contribution in [0.5, 0.6) is 5.75 Å². The summed E-state index contributed by atoms with van der Waals surface area (Å²) in [4.78, 5) is 0. The zero-order chi connectivity index (χ0) is 14.0. The van der Waals surface area contributed by atoms with E-state index in [0.717, 1.165) is 31.7 Å². The first-order valence-corrected chi connectivity index (χ1v) is 7.39. The van der Waals surface area contributed by atoms with Crippen molar-refractivity contribution in [1.82, 2.24) is 0 Å². The molecule has 0 aliphatic carbocycles. The first kappa shape index (κ1) is 14.4. The number of anilines is 1. The summed E-state index contributed by atoms with van der Waals surface area (Å²) in [6.07, 6.45) is 3.28. The topological polar surface area (TPSA) is 21.3 Å². The second kappa shape index (κ2) is 8.26. The fourth-order valence-corrected chi connectivity index (χ4v) is 2.03. The Balaban J connectivity index is 1.79. The molecule has 0 atom stereocenters. The minimum atomic E-state index is 0.808. The molecule has 1 N–H and O–H groups in total. The molecule has 0 radical (unpaired) electrons. The molecule has 2 heteroatoms. The number of unbranched alkanes of at least 4 members (excludes halogenated alkanes) is 1. The maximum atomic E-state index is 5.73. The van der Waals surface area contributed by atoms with Crippen molar-refractivity contribution in [2.45, 2.75) is 26.2 Å². The zero-order valence-electron chi connectivity index (χ0n) is 12.1. The Morgan fingerprint density at radius 1 is 1.00 bits per heavy atom. The normalized spacial score (nSPS) is 10.2. The van der Waals surface area contributed by atoms with Crippen molar-refractivity contribution >= 4 is 5.69 Å². The van der Waals surface area contributed by atoms with Gasteiger partial charge in [0, 0.05) is 12.2 Å². The Kier molecular flexibility index (Phi) is 5.97. The van der Waals surface area contributed by atoms with Crippen LogP contribution in [0.4, 0.5) is 5.69 Å². The van der Waals surface area contributed by atoms with E-state index in [9.17, 15) is 0 Å². The third-order valence-electron chi connectivity index (χ3n) is 3.18.